The average molecular weight is 236 g/mol. The normalized spacial score (nSPS) is 9.47. The van der Waals surface area contributed by atoms with Gasteiger partial charge < -0.3 is 15.8 Å². The number of carbonyl (C=O) groups excluding carboxylic acids is 3. The fraction of sp³-hybridized carbons (Fsp3) is 0.182. The Morgan fingerprint density at radius 3 is 2.53 bits per heavy atom. The number of hydrogen-bond acceptors (Lipinski definition) is 4. The second-order valence-corrected chi connectivity index (χ2v) is 3.20. The van der Waals surface area contributed by atoms with E-state index in [1.807, 2.05) is 0 Å². The highest BCUT2D eigenvalue weighted by Gasteiger charge is 2.09. The molecule has 0 radical (unpaired) electrons. The van der Waals surface area contributed by atoms with Crippen molar-refractivity contribution in [3.05, 3.63) is 35.4 Å². The predicted octanol–water partition coefficient (Wildman–Crippen LogP) is -0.312. The molecular formula is C11H12N2O4. The van der Waals surface area contributed by atoms with Gasteiger partial charge in [0.1, 0.15) is 6.54 Å². The number of amides is 2. The Hall–Kier alpha value is -2.37. The SMILES string of the molecule is COC(=O)CNC(=O)c1cccc(C(N)=O)c1. The van der Waals surface area contributed by atoms with Gasteiger partial charge in [-0.15, -0.1) is 0 Å². The van der Waals surface area contributed by atoms with E-state index in [2.05, 4.69) is 10.1 Å². The van der Waals surface area contributed by atoms with Crippen LogP contribution in [0.3, 0.4) is 0 Å². The summed E-state index contributed by atoms with van der Waals surface area (Å²) in [6.45, 7) is -0.226. The molecule has 1 aromatic carbocycles. The highest BCUT2D eigenvalue weighted by molar-refractivity contribution is 5.99. The van der Waals surface area contributed by atoms with Crippen LogP contribution in [0.5, 0.6) is 0 Å². The smallest absolute Gasteiger partial charge is 0.325 e. The highest BCUT2D eigenvalue weighted by Crippen LogP contribution is 2.04. The fourth-order valence-electron chi connectivity index (χ4n) is 1.14. The monoisotopic (exact) mass is 236 g/mol. The second kappa shape index (κ2) is 5.64. The van der Waals surface area contributed by atoms with E-state index in [9.17, 15) is 14.4 Å². The van der Waals surface area contributed by atoms with Crippen LogP contribution >= 0.6 is 0 Å². The molecule has 0 aliphatic heterocycles. The lowest BCUT2D eigenvalue weighted by molar-refractivity contribution is -0.139. The van der Waals surface area contributed by atoms with Gasteiger partial charge in [-0.1, -0.05) is 6.07 Å². The van der Waals surface area contributed by atoms with E-state index in [0.717, 1.165) is 0 Å². The lowest BCUT2D eigenvalue weighted by Crippen LogP contribution is -2.30. The third-order valence-electron chi connectivity index (χ3n) is 2.03. The Labute approximate surface area is 97.7 Å². The first-order valence-corrected chi connectivity index (χ1v) is 4.79. The zero-order chi connectivity index (χ0) is 12.8. The van der Waals surface area contributed by atoms with Gasteiger partial charge in [0.15, 0.2) is 0 Å². The molecule has 17 heavy (non-hydrogen) atoms. The molecule has 3 N–H and O–H groups in total. The van der Waals surface area contributed by atoms with E-state index >= 15 is 0 Å². The lowest BCUT2D eigenvalue weighted by Gasteiger charge is -2.04. The molecule has 0 fully saturated rings. The van der Waals surface area contributed by atoms with Crippen molar-refractivity contribution in [1.82, 2.24) is 5.32 Å². The lowest BCUT2D eigenvalue weighted by atomic mass is 10.1. The molecule has 2 amide bonds. The molecule has 0 saturated heterocycles. The number of rotatable bonds is 4. The molecule has 0 unspecified atom stereocenters. The van der Waals surface area contributed by atoms with Crippen LogP contribution < -0.4 is 11.1 Å². The summed E-state index contributed by atoms with van der Waals surface area (Å²) in [6, 6.07) is 5.90. The zero-order valence-electron chi connectivity index (χ0n) is 9.23. The third-order valence-corrected chi connectivity index (χ3v) is 2.03. The maximum Gasteiger partial charge on any atom is 0.325 e. The molecule has 0 saturated carbocycles. The minimum atomic E-state index is -0.618. The van der Waals surface area contributed by atoms with Gasteiger partial charge in [-0.25, -0.2) is 0 Å². The number of nitrogens with two attached hydrogens (primary N) is 1. The van der Waals surface area contributed by atoms with Gasteiger partial charge in [-0.05, 0) is 18.2 Å². The predicted molar refractivity (Wildman–Crippen MR) is 59.3 cm³/mol. The van der Waals surface area contributed by atoms with Crippen LogP contribution in [0.25, 0.3) is 0 Å². The molecule has 6 heteroatoms. The molecule has 0 aliphatic carbocycles. The number of primary amides is 1. The third kappa shape index (κ3) is 3.60. The Bertz CT molecular complexity index is 457. The molecule has 0 atom stereocenters. The van der Waals surface area contributed by atoms with Gasteiger partial charge in [0.05, 0.1) is 7.11 Å². The Morgan fingerprint density at radius 1 is 1.29 bits per heavy atom. The van der Waals surface area contributed by atoms with Crippen molar-refractivity contribution in [1.29, 1.82) is 0 Å². The number of ether oxygens (including phenoxy) is 1. The molecule has 1 rings (SSSR count). The van der Waals surface area contributed by atoms with Crippen molar-refractivity contribution in [3.63, 3.8) is 0 Å². The molecule has 6 nitrogen and oxygen atoms in total. The first kappa shape index (κ1) is 12.7. The summed E-state index contributed by atoms with van der Waals surface area (Å²) in [5, 5.41) is 2.35. The van der Waals surface area contributed by atoms with Crippen LogP contribution in [-0.2, 0) is 9.53 Å². The second-order valence-electron chi connectivity index (χ2n) is 3.20. The van der Waals surface area contributed by atoms with Gasteiger partial charge in [-0.2, -0.15) is 0 Å². The molecule has 0 aromatic heterocycles. The first-order valence-electron chi connectivity index (χ1n) is 4.79. The van der Waals surface area contributed by atoms with E-state index < -0.39 is 17.8 Å². The summed E-state index contributed by atoms with van der Waals surface area (Å²) in [4.78, 5) is 33.3. The van der Waals surface area contributed by atoms with Crippen LogP contribution in [0.1, 0.15) is 20.7 Å². The van der Waals surface area contributed by atoms with E-state index in [4.69, 9.17) is 5.73 Å². The summed E-state index contributed by atoms with van der Waals surface area (Å²) < 4.78 is 4.37. The van der Waals surface area contributed by atoms with Crippen molar-refractivity contribution >= 4 is 17.8 Å². The average Bonchev–Trinajstić information content (AvgIpc) is 2.35. The van der Waals surface area contributed by atoms with Crippen molar-refractivity contribution in [2.24, 2.45) is 5.73 Å². The number of hydrogen-bond donors (Lipinski definition) is 2. The summed E-state index contributed by atoms with van der Waals surface area (Å²) in [7, 11) is 1.22. The van der Waals surface area contributed by atoms with Crippen molar-refractivity contribution in [2.45, 2.75) is 0 Å². The van der Waals surface area contributed by atoms with Crippen molar-refractivity contribution in [2.75, 3.05) is 13.7 Å². The zero-order valence-corrected chi connectivity index (χ0v) is 9.23. The Morgan fingerprint density at radius 2 is 1.94 bits per heavy atom. The fourth-order valence-corrected chi connectivity index (χ4v) is 1.14. The first-order chi connectivity index (χ1) is 8.04. The summed E-state index contributed by atoms with van der Waals surface area (Å²) >= 11 is 0. The molecule has 90 valence electrons. The molecule has 0 heterocycles. The quantitative estimate of drug-likeness (QED) is 0.700. The molecule has 1 aromatic rings. The Balaban J connectivity index is 2.72. The van der Waals surface area contributed by atoms with Crippen LogP contribution in [0.2, 0.25) is 0 Å². The van der Waals surface area contributed by atoms with E-state index in [-0.39, 0.29) is 17.7 Å². The van der Waals surface area contributed by atoms with E-state index in [1.54, 1.807) is 0 Å². The van der Waals surface area contributed by atoms with Crippen molar-refractivity contribution in [3.8, 4) is 0 Å². The van der Waals surface area contributed by atoms with Gasteiger partial charge in [0, 0.05) is 11.1 Å². The molecule has 0 spiro atoms. The number of nitrogens with one attached hydrogen (secondary N) is 1. The minimum absolute atomic E-state index is 0.226. The maximum absolute atomic E-state index is 11.6. The topological polar surface area (TPSA) is 98.5 Å². The number of methoxy groups -OCH3 is 1. The Kier molecular flexibility index (Phi) is 4.21. The standard InChI is InChI=1S/C11H12N2O4/c1-17-9(14)6-13-11(16)8-4-2-3-7(5-8)10(12)15/h2-5H,6H2,1H3,(H2,12,15)(H,13,16). The van der Waals surface area contributed by atoms with Crippen LogP contribution in [0.15, 0.2) is 24.3 Å². The van der Waals surface area contributed by atoms with Gasteiger partial charge in [-0.3, -0.25) is 14.4 Å². The largest absolute Gasteiger partial charge is 0.468 e. The molecule has 0 bridgehead atoms. The molecule has 0 aliphatic rings. The maximum atomic E-state index is 11.6. The summed E-state index contributed by atoms with van der Waals surface area (Å²) in [5.41, 5.74) is 5.57. The number of esters is 1. The number of carbonyl (C=O) groups is 3. The van der Waals surface area contributed by atoms with Gasteiger partial charge >= 0.3 is 5.97 Å². The van der Waals surface area contributed by atoms with Gasteiger partial charge in [0.25, 0.3) is 5.91 Å². The minimum Gasteiger partial charge on any atom is -0.468 e. The molecular weight excluding hydrogens is 224 g/mol. The van der Waals surface area contributed by atoms with Crippen LogP contribution in [-0.4, -0.2) is 31.4 Å². The van der Waals surface area contributed by atoms with Crippen LogP contribution in [0, 0.1) is 0 Å². The van der Waals surface area contributed by atoms with E-state index in [1.165, 1.54) is 31.4 Å². The summed E-state index contributed by atoms with van der Waals surface area (Å²) in [6.07, 6.45) is 0. The van der Waals surface area contributed by atoms with Crippen LogP contribution in [0.4, 0.5) is 0 Å². The summed E-state index contributed by atoms with van der Waals surface area (Å²) in [5.74, 6) is -1.64. The number of benzene rings is 1. The highest BCUT2D eigenvalue weighted by atomic mass is 16.5. The van der Waals surface area contributed by atoms with E-state index in [0.29, 0.717) is 0 Å². The van der Waals surface area contributed by atoms with Crippen molar-refractivity contribution < 1.29 is 19.1 Å². The van der Waals surface area contributed by atoms with Gasteiger partial charge in [0.2, 0.25) is 5.91 Å².